The van der Waals surface area contributed by atoms with Gasteiger partial charge in [-0.05, 0) is 25.2 Å². The van der Waals surface area contributed by atoms with Crippen molar-refractivity contribution >= 4 is 35.9 Å². The summed E-state index contributed by atoms with van der Waals surface area (Å²) in [5.74, 6) is 0.708. The second-order valence-corrected chi connectivity index (χ2v) is 6.98. The van der Waals surface area contributed by atoms with Crippen LogP contribution in [-0.2, 0) is 14.3 Å². The first-order valence-corrected chi connectivity index (χ1v) is 8.96. The lowest BCUT2D eigenvalue weighted by molar-refractivity contribution is -0.140. The monoisotopic (exact) mass is 471 g/mol. The van der Waals surface area contributed by atoms with E-state index in [-0.39, 0.29) is 41.5 Å². The van der Waals surface area contributed by atoms with Gasteiger partial charge in [-0.25, -0.2) is 0 Å². The lowest BCUT2D eigenvalue weighted by Gasteiger charge is -2.28. The van der Waals surface area contributed by atoms with Gasteiger partial charge in [0.25, 0.3) is 0 Å². The molecule has 0 aromatic carbocycles. The second-order valence-electron chi connectivity index (χ2n) is 6.98. The Morgan fingerprint density at radius 1 is 1.08 bits per heavy atom. The highest BCUT2D eigenvalue weighted by Gasteiger charge is 2.23. The van der Waals surface area contributed by atoms with E-state index in [9.17, 15) is 4.79 Å². The van der Waals surface area contributed by atoms with Gasteiger partial charge in [0.1, 0.15) is 0 Å². The number of carbonyl (C=O) groups is 1. The smallest absolute Gasteiger partial charge is 0.305 e. The maximum atomic E-state index is 11.0. The van der Waals surface area contributed by atoms with E-state index >= 15 is 0 Å². The molecule has 0 heterocycles. The number of nitrogens with zero attached hydrogens (tertiary/aromatic N) is 1. The Morgan fingerprint density at radius 3 is 2.24 bits per heavy atom. The van der Waals surface area contributed by atoms with Crippen molar-refractivity contribution in [2.24, 2.45) is 10.4 Å². The van der Waals surface area contributed by atoms with Gasteiger partial charge >= 0.3 is 5.97 Å². The average molecular weight is 471 g/mol. The van der Waals surface area contributed by atoms with Crippen molar-refractivity contribution in [2.45, 2.75) is 65.9 Å². The molecule has 0 aliphatic heterocycles. The molecule has 0 saturated carbocycles. The molecular weight excluding hydrogens is 433 g/mol. The zero-order valence-corrected chi connectivity index (χ0v) is 19.1. The largest absolute Gasteiger partial charge is 0.469 e. The topological polar surface area (TPSA) is 72.0 Å². The van der Waals surface area contributed by atoms with Gasteiger partial charge in [0.05, 0.1) is 19.8 Å². The molecule has 7 heteroatoms. The highest BCUT2D eigenvalue weighted by molar-refractivity contribution is 14.0. The Balaban J connectivity index is 0. The Kier molecular flexibility index (Phi) is 16.7. The minimum absolute atomic E-state index is 0. The van der Waals surface area contributed by atoms with Crippen LogP contribution in [-0.4, -0.2) is 51.9 Å². The molecule has 0 amide bonds. The summed E-state index contributed by atoms with van der Waals surface area (Å²) in [7, 11) is 3.17. The molecule has 150 valence electrons. The number of esters is 1. The fourth-order valence-electron chi connectivity index (χ4n) is 2.27. The average Bonchev–Trinajstić information content (AvgIpc) is 2.52. The first kappa shape index (κ1) is 26.7. The maximum Gasteiger partial charge on any atom is 0.305 e. The first-order chi connectivity index (χ1) is 11.3. The van der Waals surface area contributed by atoms with E-state index in [2.05, 4.69) is 48.1 Å². The second kappa shape index (κ2) is 15.7. The number of rotatable bonds is 11. The van der Waals surface area contributed by atoms with E-state index in [0.29, 0.717) is 13.0 Å². The van der Waals surface area contributed by atoms with Crippen LogP contribution >= 0.6 is 24.0 Å². The van der Waals surface area contributed by atoms with Crippen LogP contribution in [0, 0.1) is 5.41 Å². The van der Waals surface area contributed by atoms with Gasteiger partial charge in [0.2, 0.25) is 0 Å². The number of methoxy groups -OCH3 is 2. The van der Waals surface area contributed by atoms with Gasteiger partial charge in [-0.1, -0.05) is 33.6 Å². The Labute approximate surface area is 170 Å². The third kappa shape index (κ3) is 14.3. The summed E-state index contributed by atoms with van der Waals surface area (Å²) in [5.41, 5.74) is 0.0647. The number of hydrogen-bond donors (Lipinski definition) is 2. The molecule has 25 heavy (non-hydrogen) atoms. The molecule has 0 radical (unpaired) electrons. The number of unbranched alkanes of at least 4 members (excludes halogenated alkanes) is 3. The number of halogens is 1. The van der Waals surface area contributed by atoms with Crippen molar-refractivity contribution in [1.82, 2.24) is 10.6 Å². The third-order valence-corrected chi connectivity index (χ3v) is 3.84. The van der Waals surface area contributed by atoms with Crippen molar-refractivity contribution in [3.63, 3.8) is 0 Å². The zero-order valence-electron chi connectivity index (χ0n) is 16.8. The molecule has 0 saturated heterocycles. The summed E-state index contributed by atoms with van der Waals surface area (Å²) in [6.07, 6.45) is 4.68. The van der Waals surface area contributed by atoms with Crippen LogP contribution in [0.1, 0.15) is 59.8 Å². The van der Waals surface area contributed by atoms with Crippen LogP contribution in [0.3, 0.4) is 0 Å². The molecule has 0 aromatic rings. The standard InChI is InChI=1S/C18H37N3O3.HI/c1-7-19-17(21-14-15(23-5)18(2,3)4)20-13-11-9-8-10-12-16(22)24-6;/h15H,7-14H2,1-6H3,(H2,19,20,21);1H. The van der Waals surface area contributed by atoms with Crippen molar-refractivity contribution in [3.8, 4) is 0 Å². The van der Waals surface area contributed by atoms with E-state index in [1.54, 1.807) is 7.11 Å². The summed E-state index contributed by atoms with van der Waals surface area (Å²) >= 11 is 0. The fourth-order valence-corrected chi connectivity index (χ4v) is 2.27. The van der Waals surface area contributed by atoms with Crippen LogP contribution in [0.4, 0.5) is 0 Å². The molecule has 0 rings (SSSR count). The summed E-state index contributed by atoms with van der Waals surface area (Å²) < 4.78 is 10.2. The molecule has 1 atom stereocenters. The zero-order chi connectivity index (χ0) is 18.4. The van der Waals surface area contributed by atoms with Gasteiger partial charge in [0.15, 0.2) is 5.96 Å². The Morgan fingerprint density at radius 2 is 1.72 bits per heavy atom. The SMILES string of the molecule is CCNC(=NCC(OC)C(C)(C)C)NCCCCCCC(=O)OC.I. The molecule has 2 N–H and O–H groups in total. The Bertz CT molecular complexity index is 371. The molecule has 0 aromatic heterocycles. The van der Waals surface area contributed by atoms with Gasteiger partial charge in [0, 0.05) is 26.6 Å². The highest BCUT2D eigenvalue weighted by Crippen LogP contribution is 2.21. The molecule has 0 aliphatic carbocycles. The van der Waals surface area contributed by atoms with E-state index < -0.39 is 0 Å². The lowest BCUT2D eigenvalue weighted by atomic mass is 9.89. The fraction of sp³-hybridized carbons (Fsp3) is 0.889. The number of carbonyl (C=O) groups excluding carboxylic acids is 1. The lowest BCUT2D eigenvalue weighted by Crippen LogP contribution is -2.39. The molecule has 0 aliphatic rings. The molecule has 6 nitrogen and oxygen atoms in total. The molecule has 0 bridgehead atoms. The number of ether oxygens (including phenoxy) is 2. The Hall–Kier alpha value is -0.570. The van der Waals surface area contributed by atoms with Crippen LogP contribution in [0.5, 0.6) is 0 Å². The summed E-state index contributed by atoms with van der Waals surface area (Å²) in [4.78, 5) is 15.6. The van der Waals surface area contributed by atoms with Crippen molar-refractivity contribution in [3.05, 3.63) is 0 Å². The predicted octanol–water partition coefficient (Wildman–Crippen LogP) is 3.34. The normalized spacial score (nSPS) is 13.0. The van der Waals surface area contributed by atoms with Crippen LogP contribution < -0.4 is 10.6 Å². The number of guanidine groups is 1. The maximum absolute atomic E-state index is 11.0. The number of hydrogen-bond acceptors (Lipinski definition) is 4. The van der Waals surface area contributed by atoms with E-state index in [1.165, 1.54) is 7.11 Å². The summed E-state index contributed by atoms with van der Waals surface area (Å²) in [5, 5.41) is 6.61. The number of aliphatic imine (C=N–C) groups is 1. The number of nitrogens with one attached hydrogen (secondary N) is 2. The quantitative estimate of drug-likeness (QED) is 0.159. The van der Waals surface area contributed by atoms with E-state index in [0.717, 1.165) is 44.7 Å². The molecule has 0 spiro atoms. The van der Waals surface area contributed by atoms with Gasteiger partial charge in [-0.2, -0.15) is 0 Å². The molecular formula is C18H38IN3O3. The van der Waals surface area contributed by atoms with Gasteiger partial charge in [-0.15, -0.1) is 24.0 Å². The van der Waals surface area contributed by atoms with Gasteiger partial charge in [-0.3, -0.25) is 9.79 Å². The van der Waals surface area contributed by atoms with Crippen LogP contribution in [0.2, 0.25) is 0 Å². The van der Waals surface area contributed by atoms with Crippen LogP contribution in [0.15, 0.2) is 4.99 Å². The van der Waals surface area contributed by atoms with Crippen LogP contribution in [0.25, 0.3) is 0 Å². The highest BCUT2D eigenvalue weighted by atomic mass is 127. The van der Waals surface area contributed by atoms with Crippen molar-refractivity contribution < 1.29 is 14.3 Å². The molecule has 0 fully saturated rings. The first-order valence-electron chi connectivity index (χ1n) is 8.96. The van der Waals surface area contributed by atoms with Crippen molar-refractivity contribution in [1.29, 1.82) is 0 Å². The predicted molar refractivity (Wildman–Crippen MR) is 115 cm³/mol. The summed E-state index contributed by atoms with van der Waals surface area (Å²) in [6.45, 7) is 10.9. The molecule has 1 unspecified atom stereocenters. The third-order valence-electron chi connectivity index (χ3n) is 3.84. The van der Waals surface area contributed by atoms with Gasteiger partial charge < -0.3 is 20.1 Å². The summed E-state index contributed by atoms with van der Waals surface area (Å²) in [6, 6.07) is 0. The van der Waals surface area contributed by atoms with Crippen molar-refractivity contribution in [2.75, 3.05) is 33.9 Å². The van der Waals surface area contributed by atoms with E-state index in [4.69, 9.17) is 4.74 Å². The minimum Gasteiger partial charge on any atom is -0.469 e. The minimum atomic E-state index is -0.124. The van der Waals surface area contributed by atoms with E-state index in [1.807, 2.05) is 0 Å².